The van der Waals surface area contributed by atoms with E-state index in [-0.39, 0.29) is 16.6 Å². The minimum absolute atomic E-state index is 0.0207. The Bertz CT molecular complexity index is 881. The molecule has 2 N–H and O–H groups in total. The van der Waals surface area contributed by atoms with E-state index in [0.717, 1.165) is 6.42 Å². The third-order valence-electron chi connectivity index (χ3n) is 3.45. The number of nitrogens with zero attached hydrogens (tertiary/aromatic N) is 2. The Morgan fingerprint density at radius 3 is 2.56 bits per heavy atom. The largest absolute Gasteiger partial charge is 0.326 e. The SMILES string of the molecule is CCCC(=O)Nc1ccc(C(=O)N/N=C/c2ccc(Cl)c([N+](=O)[O-])c2)cc1. The van der Waals surface area contributed by atoms with Gasteiger partial charge in [-0.2, -0.15) is 5.10 Å². The first-order chi connectivity index (χ1) is 12.9. The summed E-state index contributed by atoms with van der Waals surface area (Å²) in [5.41, 5.74) is 3.45. The van der Waals surface area contributed by atoms with Crippen LogP contribution in [0.2, 0.25) is 5.02 Å². The molecule has 0 fully saturated rings. The normalized spacial score (nSPS) is 10.6. The van der Waals surface area contributed by atoms with E-state index in [1.165, 1.54) is 18.3 Å². The number of rotatable bonds is 7. The van der Waals surface area contributed by atoms with Crippen LogP contribution in [0.4, 0.5) is 11.4 Å². The number of carbonyl (C=O) groups excluding carboxylic acids is 2. The van der Waals surface area contributed by atoms with Gasteiger partial charge in [-0.25, -0.2) is 5.43 Å². The first-order valence-corrected chi connectivity index (χ1v) is 8.45. The molecule has 8 nitrogen and oxygen atoms in total. The van der Waals surface area contributed by atoms with Gasteiger partial charge in [0.25, 0.3) is 11.6 Å². The number of nitro groups is 1. The van der Waals surface area contributed by atoms with E-state index in [0.29, 0.717) is 23.2 Å². The summed E-state index contributed by atoms with van der Waals surface area (Å²) in [7, 11) is 0. The van der Waals surface area contributed by atoms with Crippen molar-refractivity contribution in [2.45, 2.75) is 19.8 Å². The predicted octanol–water partition coefficient (Wildman–Crippen LogP) is 3.75. The monoisotopic (exact) mass is 388 g/mol. The second-order valence-electron chi connectivity index (χ2n) is 5.54. The molecule has 140 valence electrons. The lowest BCUT2D eigenvalue weighted by molar-refractivity contribution is -0.384. The van der Waals surface area contributed by atoms with Crippen LogP contribution in [0.25, 0.3) is 0 Å². The lowest BCUT2D eigenvalue weighted by Gasteiger charge is -2.05. The van der Waals surface area contributed by atoms with Crippen LogP contribution >= 0.6 is 11.6 Å². The number of benzene rings is 2. The van der Waals surface area contributed by atoms with E-state index < -0.39 is 10.8 Å². The van der Waals surface area contributed by atoms with Crippen molar-refractivity contribution in [3.05, 3.63) is 68.7 Å². The van der Waals surface area contributed by atoms with Crippen LogP contribution in [0.15, 0.2) is 47.6 Å². The minimum atomic E-state index is -0.598. The number of amides is 2. The molecule has 0 saturated heterocycles. The molecule has 0 unspecified atom stereocenters. The fraction of sp³-hybridized carbons (Fsp3) is 0.167. The quantitative estimate of drug-likeness (QED) is 0.427. The molecule has 0 bridgehead atoms. The van der Waals surface area contributed by atoms with Crippen molar-refractivity contribution in [1.29, 1.82) is 0 Å². The number of hydrazone groups is 1. The number of anilines is 1. The average Bonchev–Trinajstić information content (AvgIpc) is 2.63. The zero-order valence-electron chi connectivity index (χ0n) is 14.4. The Morgan fingerprint density at radius 1 is 1.22 bits per heavy atom. The number of hydrogen-bond acceptors (Lipinski definition) is 5. The smallest absolute Gasteiger partial charge is 0.288 e. The van der Waals surface area contributed by atoms with Crippen LogP contribution < -0.4 is 10.7 Å². The van der Waals surface area contributed by atoms with Crippen molar-refractivity contribution in [2.75, 3.05) is 5.32 Å². The molecule has 0 atom stereocenters. The molecule has 9 heteroatoms. The molecule has 2 aromatic rings. The fourth-order valence-electron chi connectivity index (χ4n) is 2.14. The zero-order chi connectivity index (χ0) is 19.8. The third-order valence-corrected chi connectivity index (χ3v) is 3.77. The number of hydrogen-bond donors (Lipinski definition) is 2. The molecule has 2 rings (SSSR count). The first kappa shape index (κ1) is 20.1. The van der Waals surface area contributed by atoms with Gasteiger partial charge < -0.3 is 5.32 Å². The summed E-state index contributed by atoms with van der Waals surface area (Å²) in [6.07, 6.45) is 2.46. The van der Waals surface area contributed by atoms with E-state index in [2.05, 4.69) is 15.8 Å². The van der Waals surface area contributed by atoms with Gasteiger partial charge in [0.15, 0.2) is 0 Å². The van der Waals surface area contributed by atoms with Crippen LogP contribution in [0.3, 0.4) is 0 Å². The van der Waals surface area contributed by atoms with Crippen molar-refractivity contribution in [3.63, 3.8) is 0 Å². The molecular formula is C18H17ClN4O4. The molecule has 0 heterocycles. The van der Waals surface area contributed by atoms with E-state index in [1.54, 1.807) is 30.3 Å². The van der Waals surface area contributed by atoms with Gasteiger partial charge in [-0.05, 0) is 36.8 Å². The number of halogens is 1. The molecular weight excluding hydrogens is 372 g/mol. The Labute approximate surface area is 160 Å². The maximum Gasteiger partial charge on any atom is 0.288 e. The molecule has 0 saturated carbocycles. The fourth-order valence-corrected chi connectivity index (χ4v) is 2.32. The molecule has 2 amide bonds. The third kappa shape index (κ3) is 5.89. The maximum atomic E-state index is 12.1. The summed E-state index contributed by atoms with van der Waals surface area (Å²) < 4.78 is 0. The molecule has 27 heavy (non-hydrogen) atoms. The maximum absolute atomic E-state index is 12.1. The Balaban J connectivity index is 1.97. The molecule has 0 aliphatic heterocycles. The summed E-state index contributed by atoms with van der Waals surface area (Å²) in [6.45, 7) is 1.91. The molecule has 2 aromatic carbocycles. The van der Waals surface area contributed by atoms with E-state index >= 15 is 0 Å². The van der Waals surface area contributed by atoms with Gasteiger partial charge >= 0.3 is 0 Å². The molecule has 0 aliphatic carbocycles. The molecule has 0 aliphatic rings. The van der Waals surface area contributed by atoms with Gasteiger partial charge in [0.05, 0.1) is 11.1 Å². The lowest BCUT2D eigenvalue weighted by Crippen LogP contribution is -2.17. The molecule has 0 spiro atoms. The van der Waals surface area contributed by atoms with E-state index in [9.17, 15) is 19.7 Å². The van der Waals surface area contributed by atoms with Crippen LogP contribution in [-0.4, -0.2) is 23.0 Å². The van der Waals surface area contributed by atoms with E-state index in [1.807, 2.05) is 6.92 Å². The summed E-state index contributed by atoms with van der Waals surface area (Å²) >= 11 is 5.74. The summed E-state index contributed by atoms with van der Waals surface area (Å²) in [4.78, 5) is 33.8. The van der Waals surface area contributed by atoms with Crippen LogP contribution in [-0.2, 0) is 4.79 Å². The summed E-state index contributed by atoms with van der Waals surface area (Å²) in [5, 5.41) is 17.4. The Hall–Kier alpha value is -3.26. The van der Waals surface area contributed by atoms with Crippen molar-refractivity contribution in [2.24, 2.45) is 5.10 Å². The topological polar surface area (TPSA) is 114 Å². The van der Waals surface area contributed by atoms with Gasteiger partial charge in [-0.1, -0.05) is 24.6 Å². The second-order valence-corrected chi connectivity index (χ2v) is 5.95. The number of nitrogens with one attached hydrogen (secondary N) is 2. The highest BCUT2D eigenvalue weighted by Gasteiger charge is 2.12. The molecule has 0 radical (unpaired) electrons. The molecule has 0 aromatic heterocycles. The highest BCUT2D eigenvalue weighted by molar-refractivity contribution is 6.32. The van der Waals surface area contributed by atoms with Gasteiger partial charge in [0.1, 0.15) is 5.02 Å². The predicted molar refractivity (Wildman–Crippen MR) is 103 cm³/mol. The highest BCUT2D eigenvalue weighted by Crippen LogP contribution is 2.24. The van der Waals surface area contributed by atoms with Crippen molar-refractivity contribution in [3.8, 4) is 0 Å². The second kappa shape index (κ2) is 9.44. The first-order valence-electron chi connectivity index (χ1n) is 8.08. The van der Waals surface area contributed by atoms with E-state index in [4.69, 9.17) is 11.6 Å². The van der Waals surface area contributed by atoms with Gasteiger partial charge in [0, 0.05) is 29.3 Å². The Kier molecular flexibility index (Phi) is 7.01. The van der Waals surface area contributed by atoms with Crippen LogP contribution in [0.5, 0.6) is 0 Å². The van der Waals surface area contributed by atoms with Crippen molar-refractivity contribution < 1.29 is 14.5 Å². The van der Waals surface area contributed by atoms with Gasteiger partial charge in [0.2, 0.25) is 5.91 Å². The number of carbonyl (C=O) groups is 2. The average molecular weight is 389 g/mol. The van der Waals surface area contributed by atoms with Crippen molar-refractivity contribution >= 4 is 41.0 Å². The van der Waals surface area contributed by atoms with Crippen LogP contribution in [0, 0.1) is 10.1 Å². The Morgan fingerprint density at radius 2 is 1.93 bits per heavy atom. The van der Waals surface area contributed by atoms with Crippen molar-refractivity contribution in [1.82, 2.24) is 5.43 Å². The zero-order valence-corrected chi connectivity index (χ0v) is 15.2. The minimum Gasteiger partial charge on any atom is -0.326 e. The summed E-state index contributed by atoms with van der Waals surface area (Å²) in [6, 6.07) is 10.5. The summed E-state index contributed by atoms with van der Waals surface area (Å²) in [5.74, 6) is -0.544. The van der Waals surface area contributed by atoms with Crippen LogP contribution in [0.1, 0.15) is 35.7 Å². The number of nitro benzene ring substituents is 1. The van der Waals surface area contributed by atoms with Gasteiger partial charge in [-0.15, -0.1) is 0 Å². The lowest BCUT2D eigenvalue weighted by atomic mass is 10.2. The highest BCUT2D eigenvalue weighted by atomic mass is 35.5. The standard InChI is InChI=1S/C18H17ClN4O4/c1-2-3-17(24)21-14-7-5-13(6-8-14)18(25)22-20-11-12-4-9-15(19)16(10-12)23(26)27/h4-11H,2-3H2,1H3,(H,21,24)(H,22,25)/b20-11+. The van der Waals surface area contributed by atoms with Gasteiger partial charge in [-0.3, -0.25) is 19.7 Å².